The SMILES string of the molecule is O=C(Nc1cc(Cl)ccc1Cl)c1ccnc(NCc2ccncc2)n1. The van der Waals surface area contributed by atoms with Gasteiger partial charge in [-0.3, -0.25) is 9.78 Å². The molecule has 0 bridgehead atoms. The van der Waals surface area contributed by atoms with Gasteiger partial charge in [-0.05, 0) is 42.0 Å². The lowest BCUT2D eigenvalue weighted by molar-refractivity contribution is 0.102. The van der Waals surface area contributed by atoms with Gasteiger partial charge in [0.2, 0.25) is 5.95 Å². The van der Waals surface area contributed by atoms with Crippen LogP contribution in [0.3, 0.4) is 0 Å². The van der Waals surface area contributed by atoms with Crippen molar-refractivity contribution in [2.45, 2.75) is 6.54 Å². The van der Waals surface area contributed by atoms with E-state index in [-0.39, 0.29) is 5.69 Å². The summed E-state index contributed by atoms with van der Waals surface area (Å²) < 4.78 is 0. The van der Waals surface area contributed by atoms with Gasteiger partial charge < -0.3 is 10.6 Å². The molecule has 0 unspecified atom stereocenters. The van der Waals surface area contributed by atoms with Gasteiger partial charge in [0, 0.05) is 30.2 Å². The number of rotatable bonds is 5. The Morgan fingerprint density at radius 3 is 2.64 bits per heavy atom. The quantitative estimate of drug-likeness (QED) is 0.705. The molecule has 0 radical (unpaired) electrons. The second-order valence-corrected chi connectivity index (χ2v) is 5.90. The van der Waals surface area contributed by atoms with Crippen LogP contribution in [0.15, 0.2) is 55.0 Å². The lowest BCUT2D eigenvalue weighted by Crippen LogP contribution is -2.15. The van der Waals surface area contributed by atoms with Gasteiger partial charge in [0.25, 0.3) is 5.91 Å². The molecule has 126 valence electrons. The molecule has 25 heavy (non-hydrogen) atoms. The largest absolute Gasteiger partial charge is 0.350 e. The van der Waals surface area contributed by atoms with Crippen molar-refractivity contribution in [1.82, 2.24) is 15.0 Å². The van der Waals surface area contributed by atoms with Crippen LogP contribution in [0.4, 0.5) is 11.6 Å². The number of pyridine rings is 1. The summed E-state index contributed by atoms with van der Waals surface area (Å²) in [5.41, 5.74) is 1.66. The van der Waals surface area contributed by atoms with Gasteiger partial charge in [-0.15, -0.1) is 0 Å². The van der Waals surface area contributed by atoms with Gasteiger partial charge in [-0.1, -0.05) is 23.2 Å². The predicted molar refractivity (Wildman–Crippen MR) is 98.0 cm³/mol. The number of aromatic nitrogens is 3. The summed E-state index contributed by atoms with van der Waals surface area (Å²) in [4.78, 5) is 24.6. The first-order valence-electron chi connectivity index (χ1n) is 7.34. The second-order valence-electron chi connectivity index (χ2n) is 5.05. The van der Waals surface area contributed by atoms with E-state index in [9.17, 15) is 4.79 Å². The molecule has 3 aromatic rings. The smallest absolute Gasteiger partial charge is 0.274 e. The lowest BCUT2D eigenvalue weighted by atomic mass is 10.3. The third kappa shape index (κ3) is 4.65. The van der Waals surface area contributed by atoms with Crippen molar-refractivity contribution in [2.75, 3.05) is 10.6 Å². The fourth-order valence-electron chi connectivity index (χ4n) is 2.03. The summed E-state index contributed by atoms with van der Waals surface area (Å²) in [6, 6.07) is 10.1. The number of amides is 1. The number of nitrogens with one attached hydrogen (secondary N) is 2. The molecule has 0 saturated heterocycles. The summed E-state index contributed by atoms with van der Waals surface area (Å²) in [5, 5.41) is 6.62. The van der Waals surface area contributed by atoms with Crippen molar-refractivity contribution in [3.8, 4) is 0 Å². The van der Waals surface area contributed by atoms with Crippen LogP contribution in [0.1, 0.15) is 16.1 Å². The van der Waals surface area contributed by atoms with Crippen LogP contribution >= 0.6 is 23.2 Å². The van der Waals surface area contributed by atoms with E-state index in [1.54, 1.807) is 30.6 Å². The topological polar surface area (TPSA) is 79.8 Å². The van der Waals surface area contributed by atoms with E-state index in [1.165, 1.54) is 12.3 Å². The Morgan fingerprint density at radius 1 is 1.04 bits per heavy atom. The van der Waals surface area contributed by atoms with Crippen molar-refractivity contribution in [1.29, 1.82) is 0 Å². The van der Waals surface area contributed by atoms with Crippen molar-refractivity contribution < 1.29 is 4.79 Å². The van der Waals surface area contributed by atoms with E-state index in [0.717, 1.165) is 5.56 Å². The van der Waals surface area contributed by atoms with E-state index in [0.29, 0.717) is 28.2 Å². The first kappa shape index (κ1) is 17.1. The van der Waals surface area contributed by atoms with Gasteiger partial charge in [-0.25, -0.2) is 9.97 Å². The molecule has 0 fully saturated rings. The summed E-state index contributed by atoms with van der Waals surface area (Å²) in [6.07, 6.45) is 4.92. The summed E-state index contributed by atoms with van der Waals surface area (Å²) in [6.45, 7) is 0.522. The summed E-state index contributed by atoms with van der Waals surface area (Å²) >= 11 is 12.0. The normalized spacial score (nSPS) is 10.3. The van der Waals surface area contributed by atoms with Crippen LogP contribution < -0.4 is 10.6 Å². The van der Waals surface area contributed by atoms with Gasteiger partial charge in [0.05, 0.1) is 10.7 Å². The van der Waals surface area contributed by atoms with Crippen molar-refractivity contribution in [3.63, 3.8) is 0 Å². The maximum Gasteiger partial charge on any atom is 0.274 e. The summed E-state index contributed by atoms with van der Waals surface area (Å²) in [5.74, 6) is -0.0554. The number of hydrogen-bond acceptors (Lipinski definition) is 5. The molecule has 0 atom stereocenters. The van der Waals surface area contributed by atoms with Crippen LogP contribution in [0, 0.1) is 0 Å². The Bertz CT molecular complexity index is 889. The van der Waals surface area contributed by atoms with Gasteiger partial charge in [0.15, 0.2) is 0 Å². The Kier molecular flexibility index (Phi) is 5.42. The molecule has 1 amide bonds. The number of carbonyl (C=O) groups excluding carboxylic acids is 1. The molecule has 0 aliphatic carbocycles. The second kappa shape index (κ2) is 7.92. The zero-order valence-electron chi connectivity index (χ0n) is 12.9. The van der Waals surface area contributed by atoms with E-state index in [1.807, 2.05) is 12.1 Å². The van der Waals surface area contributed by atoms with Crippen LogP contribution in [-0.2, 0) is 6.54 Å². The summed E-state index contributed by atoms with van der Waals surface area (Å²) in [7, 11) is 0. The Morgan fingerprint density at radius 2 is 1.84 bits per heavy atom. The number of nitrogens with zero attached hydrogens (tertiary/aromatic N) is 3. The van der Waals surface area contributed by atoms with Crippen molar-refractivity contribution in [2.24, 2.45) is 0 Å². The van der Waals surface area contributed by atoms with Gasteiger partial charge in [-0.2, -0.15) is 0 Å². The molecule has 2 heterocycles. The average Bonchev–Trinajstić information content (AvgIpc) is 2.64. The fraction of sp³-hybridized carbons (Fsp3) is 0.0588. The van der Waals surface area contributed by atoms with Crippen molar-refractivity contribution >= 4 is 40.7 Å². The predicted octanol–water partition coefficient (Wildman–Crippen LogP) is 4.04. The van der Waals surface area contributed by atoms with Gasteiger partial charge in [0.1, 0.15) is 5.69 Å². The zero-order chi connectivity index (χ0) is 17.6. The van der Waals surface area contributed by atoms with Crippen LogP contribution in [0.25, 0.3) is 0 Å². The Hall–Kier alpha value is -2.70. The maximum atomic E-state index is 12.4. The molecular weight excluding hydrogens is 361 g/mol. The molecule has 2 aromatic heterocycles. The maximum absolute atomic E-state index is 12.4. The third-order valence-corrected chi connectivity index (χ3v) is 3.83. The number of benzene rings is 1. The molecule has 0 aliphatic rings. The minimum Gasteiger partial charge on any atom is -0.350 e. The highest BCUT2D eigenvalue weighted by molar-refractivity contribution is 6.35. The van der Waals surface area contributed by atoms with E-state index >= 15 is 0 Å². The number of hydrogen-bond donors (Lipinski definition) is 2. The Balaban J connectivity index is 1.70. The first-order chi connectivity index (χ1) is 12.1. The monoisotopic (exact) mass is 373 g/mol. The standard InChI is InChI=1S/C17H13Cl2N5O/c18-12-1-2-13(19)15(9-12)23-16(25)14-5-8-21-17(24-14)22-10-11-3-6-20-7-4-11/h1-9H,10H2,(H,23,25)(H,21,22,24). The van der Waals surface area contributed by atoms with Gasteiger partial charge >= 0.3 is 0 Å². The molecule has 6 nitrogen and oxygen atoms in total. The highest BCUT2D eigenvalue weighted by Crippen LogP contribution is 2.25. The molecule has 3 rings (SSSR count). The van der Waals surface area contributed by atoms with E-state index in [2.05, 4.69) is 25.6 Å². The zero-order valence-corrected chi connectivity index (χ0v) is 14.4. The fourth-order valence-corrected chi connectivity index (χ4v) is 2.37. The molecular formula is C17H13Cl2N5O. The van der Waals surface area contributed by atoms with Crippen LogP contribution in [-0.4, -0.2) is 20.9 Å². The minimum atomic E-state index is -0.404. The molecule has 0 saturated carbocycles. The number of anilines is 2. The number of halogens is 2. The molecule has 8 heteroatoms. The molecule has 1 aromatic carbocycles. The number of carbonyl (C=O) groups is 1. The Labute approximate surface area is 154 Å². The van der Waals surface area contributed by atoms with E-state index < -0.39 is 5.91 Å². The average molecular weight is 374 g/mol. The molecule has 2 N–H and O–H groups in total. The minimum absolute atomic E-state index is 0.211. The highest BCUT2D eigenvalue weighted by Gasteiger charge is 2.11. The highest BCUT2D eigenvalue weighted by atomic mass is 35.5. The molecule has 0 aliphatic heterocycles. The molecule has 0 spiro atoms. The first-order valence-corrected chi connectivity index (χ1v) is 8.09. The third-order valence-electron chi connectivity index (χ3n) is 3.26. The van der Waals surface area contributed by atoms with E-state index in [4.69, 9.17) is 23.2 Å². The van der Waals surface area contributed by atoms with Crippen LogP contribution in [0.2, 0.25) is 10.0 Å². The van der Waals surface area contributed by atoms with Crippen molar-refractivity contribution in [3.05, 3.63) is 76.3 Å². The lowest BCUT2D eigenvalue weighted by Gasteiger charge is -2.09. The van der Waals surface area contributed by atoms with Crippen LogP contribution in [0.5, 0.6) is 0 Å².